The van der Waals surface area contributed by atoms with Gasteiger partial charge >= 0.3 is 0 Å². The highest BCUT2D eigenvalue weighted by atomic mass is 16.2. The number of carbonyl (C=O) groups excluding carboxylic acids is 1. The monoisotopic (exact) mass is 220 g/mol. The molecule has 2 heterocycles. The summed E-state index contributed by atoms with van der Waals surface area (Å²) in [4.78, 5) is 18.1. The molecule has 1 saturated heterocycles. The molecular weight excluding hydrogens is 204 g/mol. The molecule has 5 heteroatoms. The van der Waals surface area contributed by atoms with E-state index in [-0.39, 0.29) is 5.91 Å². The minimum atomic E-state index is 0.00560. The molecule has 1 unspecified atom stereocenters. The Labute approximate surface area is 94.6 Å². The van der Waals surface area contributed by atoms with Gasteiger partial charge in [0.2, 0.25) is 0 Å². The Balaban J connectivity index is 2.26. The van der Waals surface area contributed by atoms with Crippen LogP contribution in [0, 0.1) is 0 Å². The predicted molar refractivity (Wildman–Crippen MR) is 61.8 cm³/mol. The minimum absolute atomic E-state index is 0.00560. The summed E-state index contributed by atoms with van der Waals surface area (Å²) in [6.07, 6.45) is 3.75. The van der Waals surface area contributed by atoms with E-state index < -0.39 is 0 Å². The van der Waals surface area contributed by atoms with E-state index in [1.165, 1.54) is 0 Å². The average Bonchev–Trinajstić information content (AvgIpc) is 2.74. The van der Waals surface area contributed by atoms with Gasteiger partial charge in [0.25, 0.3) is 5.91 Å². The van der Waals surface area contributed by atoms with Crippen LogP contribution in [0.1, 0.15) is 30.1 Å². The van der Waals surface area contributed by atoms with Crippen molar-refractivity contribution in [2.75, 3.05) is 12.0 Å². The van der Waals surface area contributed by atoms with E-state index >= 15 is 0 Å². The van der Waals surface area contributed by atoms with Crippen molar-refractivity contribution < 1.29 is 4.79 Å². The number of aromatic nitrogens is 1. The molecule has 0 radical (unpaired) electrons. The zero-order valence-corrected chi connectivity index (χ0v) is 9.31. The number of nitrogens with one attached hydrogen (secondary N) is 1. The third-order valence-electron chi connectivity index (χ3n) is 2.99. The quantitative estimate of drug-likeness (QED) is 0.576. The lowest BCUT2D eigenvalue weighted by molar-refractivity contribution is 0.0748. The smallest absolute Gasteiger partial charge is 0.257 e. The fourth-order valence-electron chi connectivity index (χ4n) is 2.08. The van der Waals surface area contributed by atoms with Crippen molar-refractivity contribution in [3.63, 3.8) is 0 Å². The first kappa shape index (κ1) is 10.9. The zero-order valence-electron chi connectivity index (χ0n) is 9.31. The number of carbonyl (C=O) groups is 1. The third kappa shape index (κ3) is 1.86. The van der Waals surface area contributed by atoms with Crippen molar-refractivity contribution in [2.45, 2.75) is 25.8 Å². The molecule has 1 fully saturated rings. The second kappa shape index (κ2) is 4.49. The Morgan fingerprint density at radius 1 is 1.69 bits per heavy atom. The number of hydrazine groups is 1. The van der Waals surface area contributed by atoms with Crippen molar-refractivity contribution in [3.05, 3.63) is 23.9 Å². The molecular formula is C11H16N4O. The lowest BCUT2D eigenvalue weighted by Crippen LogP contribution is -2.34. The van der Waals surface area contributed by atoms with Crippen molar-refractivity contribution >= 4 is 11.7 Å². The highest BCUT2D eigenvalue weighted by Gasteiger charge is 2.27. The summed E-state index contributed by atoms with van der Waals surface area (Å²) in [5.74, 6) is 5.78. The molecule has 2 rings (SSSR count). The second-order valence-corrected chi connectivity index (χ2v) is 4.03. The summed E-state index contributed by atoms with van der Waals surface area (Å²) < 4.78 is 0. The minimum Gasteiger partial charge on any atom is -0.336 e. The van der Waals surface area contributed by atoms with Gasteiger partial charge in [0.15, 0.2) is 5.82 Å². The number of hydrogen-bond donors (Lipinski definition) is 2. The van der Waals surface area contributed by atoms with Crippen LogP contribution < -0.4 is 11.3 Å². The molecule has 3 N–H and O–H groups in total. The van der Waals surface area contributed by atoms with Gasteiger partial charge < -0.3 is 10.3 Å². The predicted octanol–water partition coefficient (Wildman–Crippen LogP) is 0.992. The Morgan fingerprint density at radius 3 is 3.12 bits per heavy atom. The number of nitrogens with two attached hydrogens (primary N) is 1. The summed E-state index contributed by atoms with van der Waals surface area (Å²) in [5.41, 5.74) is 3.00. The van der Waals surface area contributed by atoms with Crippen molar-refractivity contribution in [1.82, 2.24) is 9.88 Å². The Hall–Kier alpha value is -1.62. The van der Waals surface area contributed by atoms with Gasteiger partial charge in [0.1, 0.15) is 0 Å². The topological polar surface area (TPSA) is 71.2 Å². The number of hydrogen-bond acceptors (Lipinski definition) is 4. The SMILES string of the molecule is CC1CCCN1C(=O)c1cccnc1NN. The maximum absolute atomic E-state index is 12.2. The summed E-state index contributed by atoms with van der Waals surface area (Å²) in [6, 6.07) is 3.79. The van der Waals surface area contributed by atoms with E-state index in [0.717, 1.165) is 19.4 Å². The van der Waals surface area contributed by atoms with Crippen molar-refractivity contribution in [3.8, 4) is 0 Å². The molecule has 0 spiro atoms. The number of rotatable bonds is 2. The van der Waals surface area contributed by atoms with Gasteiger partial charge in [-0.05, 0) is 31.9 Å². The van der Waals surface area contributed by atoms with Gasteiger partial charge in [0, 0.05) is 18.8 Å². The van der Waals surface area contributed by atoms with Crippen LogP contribution in [0.2, 0.25) is 0 Å². The first-order chi connectivity index (χ1) is 7.74. The third-order valence-corrected chi connectivity index (χ3v) is 2.99. The second-order valence-electron chi connectivity index (χ2n) is 4.03. The Morgan fingerprint density at radius 2 is 2.50 bits per heavy atom. The molecule has 0 bridgehead atoms. The van der Waals surface area contributed by atoms with Gasteiger partial charge in [-0.1, -0.05) is 0 Å². The van der Waals surface area contributed by atoms with Crippen LogP contribution >= 0.6 is 0 Å². The maximum atomic E-state index is 12.2. The average molecular weight is 220 g/mol. The molecule has 16 heavy (non-hydrogen) atoms. The molecule has 1 aliphatic heterocycles. The number of amides is 1. The van der Waals surface area contributed by atoms with Gasteiger partial charge in [-0.25, -0.2) is 10.8 Å². The van der Waals surface area contributed by atoms with Crippen molar-refractivity contribution in [2.24, 2.45) is 5.84 Å². The van der Waals surface area contributed by atoms with Gasteiger partial charge in [-0.3, -0.25) is 4.79 Å². The highest BCUT2D eigenvalue weighted by molar-refractivity contribution is 5.98. The van der Waals surface area contributed by atoms with E-state index in [2.05, 4.69) is 17.3 Å². The van der Waals surface area contributed by atoms with Gasteiger partial charge in [-0.15, -0.1) is 0 Å². The van der Waals surface area contributed by atoms with Crippen LogP contribution in [0.5, 0.6) is 0 Å². The Kier molecular flexibility index (Phi) is 3.05. The first-order valence-corrected chi connectivity index (χ1v) is 5.46. The molecule has 0 aliphatic carbocycles. The number of nitrogen functional groups attached to an aromatic ring is 1. The standard InChI is InChI=1S/C11H16N4O/c1-8-4-3-7-15(8)11(16)9-5-2-6-13-10(9)14-12/h2,5-6,8H,3-4,7,12H2,1H3,(H,13,14). The van der Waals surface area contributed by atoms with Crippen LogP contribution in [-0.4, -0.2) is 28.4 Å². The largest absolute Gasteiger partial charge is 0.336 e. The molecule has 1 aromatic heterocycles. The molecule has 5 nitrogen and oxygen atoms in total. The first-order valence-electron chi connectivity index (χ1n) is 5.46. The van der Waals surface area contributed by atoms with E-state index in [0.29, 0.717) is 17.4 Å². The summed E-state index contributed by atoms with van der Waals surface area (Å²) in [6.45, 7) is 2.88. The van der Waals surface area contributed by atoms with Crippen LogP contribution in [0.3, 0.4) is 0 Å². The van der Waals surface area contributed by atoms with E-state index in [1.807, 2.05) is 4.90 Å². The summed E-state index contributed by atoms with van der Waals surface area (Å²) >= 11 is 0. The molecule has 86 valence electrons. The lowest BCUT2D eigenvalue weighted by Gasteiger charge is -2.22. The lowest BCUT2D eigenvalue weighted by atomic mass is 10.2. The molecule has 1 amide bonds. The van der Waals surface area contributed by atoms with E-state index in [4.69, 9.17) is 5.84 Å². The van der Waals surface area contributed by atoms with Crippen LogP contribution in [0.25, 0.3) is 0 Å². The van der Waals surface area contributed by atoms with Crippen LogP contribution in [-0.2, 0) is 0 Å². The highest BCUT2D eigenvalue weighted by Crippen LogP contribution is 2.21. The molecule has 1 aliphatic rings. The number of likely N-dealkylation sites (tertiary alicyclic amines) is 1. The van der Waals surface area contributed by atoms with Crippen LogP contribution in [0.4, 0.5) is 5.82 Å². The number of nitrogens with zero attached hydrogens (tertiary/aromatic N) is 2. The maximum Gasteiger partial charge on any atom is 0.257 e. The molecule has 0 saturated carbocycles. The van der Waals surface area contributed by atoms with Crippen molar-refractivity contribution in [1.29, 1.82) is 0 Å². The number of pyridine rings is 1. The van der Waals surface area contributed by atoms with E-state index in [1.54, 1.807) is 18.3 Å². The molecule has 1 atom stereocenters. The molecule has 0 aromatic carbocycles. The molecule has 1 aromatic rings. The van der Waals surface area contributed by atoms with E-state index in [9.17, 15) is 4.79 Å². The fraction of sp³-hybridized carbons (Fsp3) is 0.455. The van der Waals surface area contributed by atoms with Gasteiger partial charge in [0.05, 0.1) is 5.56 Å². The Bertz CT molecular complexity index is 393. The normalized spacial score (nSPS) is 19.9. The zero-order chi connectivity index (χ0) is 11.5. The summed E-state index contributed by atoms with van der Waals surface area (Å²) in [7, 11) is 0. The van der Waals surface area contributed by atoms with Gasteiger partial charge in [-0.2, -0.15) is 0 Å². The number of anilines is 1. The fourth-order valence-corrected chi connectivity index (χ4v) is 2.08. The summed E-state index contributed by atoms with van der Waals surface area (Å²) in [5, 5.41) is 0. The van der Waals surface area contributed by atoms with Crippen LogP contribution in [0.15, 0.2) is 18.3 Å².